The number of sulfonamides is 1. The zero-order valence-electron chi connectivity index (χ0n) is 13.7. The predicted molar refractivity (Wildman–Crippen MR) is 87.6 cm³/mol. The van der Waals surface area contributed by atoms with Crippen molar-refractivity contribution in [3.63, 3.8) is 0 Å². The molecule has 0 heterocycles. The van der Waals surface area contributed by atoms with E-state index >= 15 is 0 Å². The molecule has 0 saturated carbocycles. The number of nitrogens with zero attached hydrogens (tertiary/aromatic N) is 1. The summed E-state index contributed by atoms with van der Waals surface area (Å²) in [5, 5.41) is 0. The second-order valence-electron chi connectivity index (χ2n) is 5.37. The molecule has 0 aliphatic rings. The Balaban J connectivity index is 3.19. The molecule has 1 rings (SSSR count). The van der Waals surface area contributed by atoms with Crippen LogP contribution in [0.25, 0.3) is 0 Å². The molecule has 0 aliphatic carbocycles. The molecule has 0 saturated heterocycles. The molecule has 1 aromatic rings. The van der Waals surface area contributed by atoms with Gasteiger partial charge in [-0.1, -0.05) is 26.0 Å². The third kappa shape index (κ3) is 4.71. The number of hydrogen-bond donors (Lipinski definition) is 1. The summed E-state index contributed by atoms with van der Waals surface area (Å²) in [6.45, 7) is 5.85. The van der Waals surface area contributed by atoms with Crippen molar-refractivity contribution >= 4 is 21.6 Å². The number of anilines is 1. The maximum Gasteiger partial charge on any atom is 0.245 e. The van der Waals surface area contributed by atoms with Crippen LogP contribution in [0.4, 0.5) is 5.69 Å². The Labute approximate surface area is 132 Å². The largest absolute Gasteiger partial charge is 0.495 e. The van der Waals surface area contributed by atoms with Crippen molar-refractivity contribution in [2.24, 2.45) is 5.92 Å². The fourth-order valence-electron chi connectivity index (χ4n) is 2.17. The molecule has 0 aliphatic heterocycles. The monoisotopic (exact) mass is 328 g/mol. The van der Waals surface area contributed by atoms with Crippen molar-refractivity contribution in [2.45, 2.75) is 26.8 Å². The lowest BCUT2D eigenvalue weighted by atomic mass is 10.0. The van der Waals surface area contributed by atoms with Crippen molar-refractivity contribution in [2.75, 3.05) is 24.8 Å². The Hall–Kier alpha value is -1.60. The molecule has 1 unspecified atom stereocenters. The first-order valence-corrected chi connectivity index (χ1v) is 9.02. The number of para-hydroxylation sites is 2. The van der Waals surface area contributed by atoms with E-state index in [1.807, 2.05) is 19.1 Å². The number of methoxy groups -OCH3 is 1. The molecular weight excluding hydrogens is 304 g/mol. The molecule has 0 aromatic heterocycles. The molecule has 1 aromatic carbocycles. The average Bonchev–Trinajstić information content (AvgIpc) is 2.44. The Bertz CT molecular complexity index is 614. The molecule has 0 spiro atoms. The normalized spacial score (nSPS) is 13.0. The fourth-order valence-corrected chi connectivity index (χ4v) is 3.00. The summed E-state index contributed by atoms with van der Waals surface area (Å²) in [5.41, 5.74) is 0.624. The van der Waals surface area contributed by atoms with Crippen LogP contribution >= 0.6 is 0 Å². The van der Waals surface area contributed by atoms with Crippen LogP contribution in [0.1, 0.15) is 20.8 Å². The van der Waals surface area contributed by atoms with Gasteiger partial charge in [-0.25, -0.2) is 13.1 Å². The highest BCUT2D eigenvalue weighted by atomic mass is 32.2. The van der Waals surface area contributed by atoms with Gasteiger partial charge in [0.15, 0.2) is 0 Å². The fraction of sp³-hybridized carbons (Fsp3) is 0.533. The standard InChI is InChI=1S/C15H24N2O4S/c1-6-17(12-9-7-8-10-13(12)21-4)15(18)14(11(2)3)16-22(5,19)20/h7-11,14,16H,6H2,1-5H3. The van der Waals surface area contributed by atoms with E-state index in [1.54, 1.807) is 26.0 Å². The number of amides is 1. The van der Waals surface area contributed by atoms with Crippen LogP contribution in [0, 0.1) is 5.92 Å². The molecule has 0 fully saturated rings. The summed E-state index contributed by atoms with van der Waals surface area (Å²) in [7, 11) is -1.95. The number of carbonyl (C=O) groups excluding carboxylic acids is 1. The second-order valence-corrected chi connectivity index (χ2v) is 7.15. The van der Waals surface area contributed by atoms with Crippen LogP contribution in [-0.4, -0.2) is 40.3 Å². The molecule has 0 radical (unpaired) electrons. The minimum Gasteiger partial charge on any atom is -0.495 e. The highest BCUT2D eigenvalue weighted by molar-refractivity contribution is 7.88. The van der Waals surface area contributed by atoms with Gasteiger partial charge in [0.2, 0.25) is 15.9 Å². The summed E-state index contributed by atoms with van der Waals surface area (Å²) in [6, 6.07) is 6.34. The maximum atomic E-state index is 12.8. The van der Waals surface area contributed by atoms with Gasteiger partial charge in [-0.15, -0.1) is 0 Å². The van der Waals surface area contributed by atoms with E-state index in [2.05, 4.69) is 4.72 Å². The number of ether oxygens (including phenoxy) is 1. The maximum absolute atomic E-state index is 12.8. The van der Waals surface area contributed by atoms with Gasteiger partial charge < -0.3 is 9.64 Å². The molecule has 0 bridgehead atoms. The van der Waals surface area contributed by atoms with Crippen LogP contribution in [0.15, 0.2) is 24.3 Å². The summed E-state index contributed by atoms with van der Waals surface area (Å²) < 4.78 is 30.7. The van der Waals surface area contributed by atoms with E-state index in [0.717, 1.165) is 6.26 Å². The molecule has 6 nitrogen and oxygen atoms in total. The van der Waals surface area contributed by atoms with Crippen molar-refractivity contribution in [3.8, 4) is 5.75 Å². The van der Waals surface area contributed by atoms with Gasteiger partial charge in [-0.05, 0) is 25.0 Å². The van der Waals surface area contributed by atoms with Crippen molar-refractivity contribution in [1.82, 2.24) is 4.72 Å². The van der Waals surface area contributed by atoms with Gasteiger partial charge in [-0.2, -0.15) is 0 Å². The molecule has 22 heavy (non-hydrogen) atoms. The molecule has 1 N–H and O–H groups in total. The number of hydrogen-bond acceptors (Lipinski definition) is 4. The lowest BCUT2D eigenvalue weighted by Gasteiger charge is -2.29. The third-order valence-electron chi connectivity index (χ3n) is 3.23. The molecule has 124 valence electrons. The lowest BCUT2D eigenvalue weighted by molar-refractivity contribution is -0.121. The van der Waals surface area contributed by atoms with Crippen LogP contribution in [-0.2, 0) is 14.8 Å². The smallest absolute Gasteiger partial charge is 0.245 e. The Morgan fingerprint density at radius 2 is 1.91 bits per heavy atom. The SMILES string of the molecule is CCN(C(=O)C(NS(C)(=O)=O)C(C)C)c1ccccc1OC. The number of carbonyl (C=O) groups is 1. The van der Waals surface area contributed by atoms with Gasteiger partial charge in [0.1, 0.15) is 11.8 Å². The molecule has 1 atom stereocenters. The average molecular weight is 328 g/mol. The number of rotatable bonds is 7. The predicted octanol–water partition coefficient (Wildman–Crippen LogP) is 1.62. The quantitative estimate of drug-likeness (QED) is 0.825. The van der Waals surface area contributed by atoms with Gasteiger partial charge in [0.25, 0.3) is 0 Å². The highest BCUT2D eigenvalue weighted by Crippen LogP contribution is 2.28. The Morgan fingerprint density at radius 3 is 2.36 bits per heavy atom. The third-order valence-corrected chi connectivity index (χ3v) is 3.91. The van der Waals surface area contributed by atoms with Crippen molar-refractivity contribution in [3.05, 3.63) is 24.3 Å². The van der Waals surface area contributed by atoms with E-state index in [-0.39, 0.29) is 11.8 Å². The number of likely N-dealkylation sites (N-methyl/N-ethyl adjacent to an activating group) is 1. The first-order valence-electron chi connectivity index (χ1n) is 7.13. The van der Waals surface area contributed by atoms with Gasteiger partial charge in [0, 0.05) is 6.54 Å². The van der Waals surface area contributed by atoms with Crippen LogP contribution in [0.3, 0.4) is 0 Å². The Kier molecular flexibility index (Phi) is 6.37. The Morgan fingerprint density at radius 1 is 1.32 bits per heavy atom. The second kappa shape index (κ2) is 7.60. The van der Waals surface area contributed by atoms with Gasteiger partial charge >= 0.3 is 0 Å². The highest BCUT2D eigenvalue weighted by Gasteiger charge is 2.30. The first kappa shape index (κ1) is 18.4. The topological polar surface area (TPSA) is 75.7 Å². The molecule has 1 amide bonds. The van der Waals surface area contributed by atoms with E-state index in [0.29, 0.717) is 18.0 Å². The minimum atomic E-state index is -3.48. The lowest BCUT2D eigenvalue weighted by Crippen LogP contribution is -2.51. The zero-order chi connectivity index (χ0) is 16.9. The summed E-state index contributed by atoms with van der Waals surface area (Å²) in [4.78, 5) is 14.3. The van der Waals surface area contributed by atoms with Crippen LogP contribution in [0.5, 0.6) is 5.75 Å². The number of benzene rings is 1. The molecular formula is C15H24N2O4S. The van der Waals surface area contributed by atoms with E-state index in [9.17, 15) is 13.2 Å². The molecule has 7 heteroatoms. The van der Waals surface area contributed by atoms with Crippen LogP contribution in [0.2, 0.25) is 0 Å². The summed E-state index contributed by atoms with van der Waals surface area (Å²) >= 11 is 0. The minimum absolute atomic E-state index is 0.175. The zero-order valence-corrected chi connectivity index (χ0v) is 14.5. The van der Waals surface area contributed by atoms with Gasteiger partial charge in [-0.3, -0.25) is 4.79 Å². The first-order chi connectivity index (χ1) is 10.2. The van der Waals surface area contributed by atoms with Crippen molar-refractivity contribution < 1.29 is 17.9 Å². The number of nitrogens with one attached hydrogen (secondary N) is 1. The van der Waals surface area contributed by atoms with E-state index in [1.165, 1.54) is 12.0 Å². The van der Waals surface area contributed by atoms with Crippen molar-refractivity contribution in [1.29, 1.82) is 0 Å². The summed E-state index contributed by atoms with van der Waals surface area (Å²) in [6.07, 6.45) is 1.05. The van der Waals surface area contributed by atoms with E-state index < -0.39 is 16.1 Å². The van der Waals surface area contributed by atoms with Crippen LogP contribution < -0.4 is 14.4 Å². The van der Waals surface area contributed by atoms with Gasteiger partial charge in [0.05, 0.1) is 19.1 Å². The summed E-state index contributed by atoms with van der Waals surface area (Å²) in [5.74, 6) is 0.0953. The van der Waals surface area contributed by atoms with E-state index in [4.69, 9.17) is 4.74 Å².